The Morgan fingerprint density at radius 3 is 3.00 bits per heavy atom. The first-order valence-electron chi connectivity index (χ1n) is 6.31. The number of fused-ring (bicyclic) bond motifs is 2. The molecule has 0 spiro atoms. The van der Waals surface area contributed by atoms with E-state index >= 15 is 0 Å². The van der Waals surface area contributed by atoms with Crippen LogP contribution in [0.15, 0.2) is 22.8 Å². The highest BCUT2D eigenvalue weighted by Crippen LogP contribution is 2.48. The van der Waals surface area contributed by atoms with Crippen molar-refractivity contribution in [3.63, 3.8) is 0 Å². The van der Waals surface area contributed by atoms with E-state index in [1.807, 2.05) is 6.26 Å². The van der Waals surface area contributed by atoms with Gasteiger partial charge in [-0.25, -0.2) is 0 Å². The van der Waals surface area contributed by atoms with E-state index < -0.39 is 0 Å². The fraction of sp³-hybridized carbons (Fsp3) is 0.533. The normalized spacial score (nSPS) is 35.6. The van der Waals surface area contributed by atoms with Crippen molar-refractivity contribution >= 4 is 5.78 Å². The molecule has 3 rings (SSSR count). The monoisotopic (exact) mass is 230 g/mol. The van der Waals surface area contributed by atoms with Gasteiger partial charge in [0.1, 0.15) is 5.76 Å². The molecule has 0 amide bonds. The van der Waals surface area contributed by atoms with Crippen LogP contribution in [0.1, 0.15) is 30.7 Å². The van der Waals surface area contributed by atoms with Crippen LogP contribution in [0.5, 0.6) is 0 Å². The maximum atomic E-state index is 12.2. The lowest BCUT2D eigenvalue weighted by Gasteiger charge is -2.43. The number of furan rings is 1. The number of rotatable bonds is 0. The van der Waals surface area contributed by atoms with Crippen molar-refractivity contribution in [1.82, 2.24) is 0 Å². The number of hydrogen-bond acceptors (Lipinski definition) is 2. The topological polar surface area (TPSA) is 30.2 Å². The lowest BCUT2D eigenvalue weighted by molar-refractivity contribution is -0.128. The third kappa shape index (κ3) is 1.36. The summed E-state index contributed by atoms with van der Waals surface area (Å²) >= 11 is 0. The Bertz CT molecular complexity index is 509. The zero-order valence-electron chi connectivity index (χ0n) is 10.6. The lowest BCUT2D eigenvalue weighted by Crippen LogP contribution is -2.46. The average Bonchev–Trinajstić information content (AvgIpc) is 2.64. The van der Waals surface area contributed by atoms with Gasteiger partial charge in [0.25, 0.3) is 0 Å². The first-order valence-corrected chi connectivity index (χ1v) is 6.31. The van der Waals surface area contributed by atoms with Gasteiger partial charge in [0, 0.05) is 11.8 Å². The molecule has 3 atom stereocenters. The molecule has 0 aromatic carbocycles. The van der Waals surface area contributed by atoms with Gasteiger partial charge in [0.15, 0.2) is 5.78 Å². The second-order valence-electron chi connectivity index (χ2n) is 5.81. The fourth-order valence-electron chi connectivity index (χ4n) is 3.45. The molecule has 2 heteroatoms. The van der Waals surface area contributed by atoms with Crippen LogP contribution >= 0.6 is 0 Å². The molecule has 2 aliphatic rings. The van der Waals surface area contributed by atoms with Crippen LogP contribution in [-0.4, -0.2) is 5.78 Å². The highest BCUT2D eigenvalue weighted by molar-refractivity contribution is 5.96. The summed E-state index contributed by atoms with van der Waals surface area (Å²) < 4.78 is 5.61. The summed E-state index contributed by atoms with van der Waals surface area (Å²) in [5.74, 6) is 2.18. The van der Waals surface area contributed by atoms with Gasteiger partial charge in [0.05, 0.1) is 6.26 Å². The van der Waals surface area contributed by atoms with Crippen LogP contribution in [0.25, 0.3) is 0 Å². The van der Waals surface area contributed by atoms with Gasteiger partial charge in [-0.1, -0.05) is 19.9 Å². The zero-order valence-corrected chi connectivity index (χ0v) is 10.6. The van der Waals surface area contributed by atoms with Gasteiger partial charge < -0.3 is 4.42 Å². The van der Waals surface area contributed by atoms with Crippen LogP contribution in [0.3, 0.4) is 0 Å². The predicted molar refractivity (Wildman–Crippen MR) is 65.8 cm³/mol. The molecule has 0 bridgehead atoms. The summed E-state index contributed by atoms with van der Waals surface area (Å²) in [6, 6.07) is 0. The molecule has 0 N–H and O–H groups in total. The van der Waals surface area contributed by atoms with Crippen LogP contribution in [0.4, 0.5) is 0 Å². The van der Waals surface area contributed by atoms with Gasteiger partial charge in [-0.3, -0.25) is 4.79 Å². The Morgan fingerprint density at radius 2 is 2.24 bits per heavy atom. The number of carbonyl (C=O) groups excluding carboxylic acids is 1. The summed E-state index contributed by atoms with van der Waals surface area (Å²) in [6.07, 6.45) is 7.39. The van der Waals surface area contributed by atoms with Crippen molar-refractivity contribution in [2.45, 2.75) is 33.6 Å². The van der Waals surface area contributed by atoms with Gasteiger partial charge in [-0.05, 0) is 42.4 Å². The Kier molecular flexibility index (Phi) is 2.13. The fourth-order valence-corrected chi connectivity index (χ4v) is 3.45. The van der Waals surface area contributed by atoms with Crippen molar-refractivity contribution in [2.75, 3.05) is 0 Å². The van der Waals surface area contributed by atoms with E-state index in [1.54, 1.807) is 6.08 Å². The Balaban J connectivity index is 2.10. The van der Waals surface area contributed by atoms with E-state index in [0.29, 0.717) is 11.8 Å². The third-order valence-electron chi connectivity index (χ3n) is 4.71. The molecule has 17 heavy (non-hydrogen) atoms. The summed E-state index contributed by atoms with van der Waals surface area (Å²) in [5.41, 5.74) is 2.31. The van der Waals surface area contributed by atoms with Crippen LogP contribution < -0.4 is 0 Å². The van der Waals surface area contributed by atoms with Crippen molar-refractivity contribution in [3.05, 3.63) is 35.3 Å². The van der Waals surface area contributed by atoms with Crippen LogP contribution in [0.2, 0.25) is 0 Å². The minimum absolute atomic E-state index is 0.258. The van der Waals surface area contributed by atoms with E-state index in [0.717, 1.165) is 18.6 Å². The molecule has 90 valence electrons. The molecule has 0 radical (unpaired) electrons. The second kappa shape index (κ2) is 3.34. The van der Waals surface area contributed by atoms with E-state index in [2.05, 4.69) is 26.8 Å². The Hall–Kier alpha value is -1.31. The molecular formula is C15H18O2. The summed E-state index contributed by atoms with van der Waals surface area (Å²) in [4.78, 5) is 12.2. The predicted octanol–water partition coefficient (Wildman–Crippen LogP) is 3.08. The van der Waals surface area contributed by atoms with E-state index in [4.69, 9.17) is 4.42 Å². The number of aryl methyl sites for hydroxylation is 1. The van der Waals surface area contributed by atoms with Crippen molar-refractivity contribution in [3.8, 4) is 0 Å². The second-order valence-corrected chi connectivity index (χ2v) is 5.81. The largest absolute Gasteiger partial charge is 0.469 e. The van der Waals surface area contributed by atoms with Crippen LogP contribution in [-0.2, 0) is 17.6 Å². The lowest BCUT2D eigenvalue weighted by atomic mass is 9.58. The first kappa shape index (κ1) is 10.8. The van der Waals surface area contributed by atoms with E-state index in [9.17, 15) is 4.79 Å². The maximum absolute atomic E-state index is 12.2. The van der Waals surface area contributed by atoms with Crippen molar-refractivity contribution in [1.29, 1.82) is 0 Å². The molecule has 0 saturated carbocycles. The van der Waals surface area contributed by atoms with Gasteiger partial charge in [-0.2, -0.15) is 0 Å². The molecule has 0 fully saturated rings. The van der Waals surface area contributed by atoms with Crippen LogP contribution in [0, 0.1) is 24.2 Å². The van der Waals surface area contributed by atoms with Crippen molar-refractivity contribution < 1.29 is 9.21 Å². The minimum Gasteiger partial charge on any atom is -0.469 e. The smallest absolute Gasteiger partial charge is 0.161 e. The quantitative estimate of drug-likeness (QED) is 0.685. The molecule has 1 heterocycles. The average molecular weight is 230 g/mol. The molecule has 1 aromatic heterocycles. The number of allylic oxidation sites excluding steroid dienone is 2. The summed E-state index contributed by atoms with van der Waals surface area (Å²) in [6.45, 7) is 6.41. The van der Waals surface area contributed by atoms with Gasteiger partial charge in [0.2, 0.25) is 0 Å². The molecule has 0 unspecified atom stereocenters. The third-order valence-corrected chi connectivity index (χ3v) is 4.71. The molecule has 0 saturated heterocycles. The van der Waals surface area contributed by atoms with Gasteiger partial charge in [-0.15, -0.1) is 0 Å². The summed E-state index contributed by atoms with van der Waals surface area (Å²) in [7, 11) is 0. The Labute approximate surface area is 102 Å². The van der Waals surface area contributed by atoms with Crippen molar-refractivity contribution in [2.24, 2.45) is 17.3 Å². The number of hydrogen-bond donors (Lipinski definition) is 0. The zero-order chi connectivity index (χ0) is 12.2. The minimum atomic E-state index is -0.258. The molecular weight excluding hydrogens is 212 g/mol. The SMILES string of the molecule is Cc1coc2c1C[C@H]1[C@H](C)C=CC(=O)[C@]1(C)C2. The first-order chi connectivity index (χ1) is 8.02. The van der Waals surface area contributed by atoms with Gasteiger partial charge >= 0.3 is 0 Å². The number of carbonyl (C=O) groups is 1. The van der Waals surface area contributed by atoms with E-state index in [1.165, 1.54) is 11.1 Å². The van der Waals surface area contributed by atoms with E-state index in [-0.39, 0.29) is 11.2 Å². The standard InChI is InChI=1S/C15H18O2/c1-9-4-5-14(16)15(3)7-13-11(6-12(9)15)10(2)8-17-13/h4-5,8-9,12H,6-7H2,1-3H3/t9-,12+,15-/m1/s1. The Morgan fingerprint density at radius 1 is 1.47 bits per heavy atom. The highest BCUT2D eigenvalue weighted by Gasteiger charge is 2.48. The maximum Gasteiger partial charge on any atom is 0.161 e. The number of ketones is 1. The molecule has 2 aliphatic carbocycles. The molecule has 1 aromatic rings. The highest BCUT2D eigenvalue weighted by atomic mass is 16.3. The summed E-state index contributed by atoms with van der Waals surface area (Å²) in [5, 5.41) is 0. The molecule has 2 nitrogen and oxygen atoms in total. The molecule has 0 aliphatic heterocycles.